The fraction of sp³-hybridized carbons (Fsp3) is 1.00. The second kappa shape index (κ2) is 6.05. The number of hydrogen-bond acceptors (Lipinski definition) is 2. The van der Waals surface area contributed by atoms with Crippen molar-refractivity contribution in [3.05, 3.63) is 0 Å². The molecule has 1 rings (SSSR count). The molecule has 0 aromatic carbocycles. The van der Waals surface area contributed by atoms with E-state index in [0.717, 1.165) is 19.8 Å². The molecule has 0 aliphatic carbocycles. The van der Waals surface area contributed by atoms with Crippen LogP contribution >= 0.6 is 0 Å². The average Bonchev–Trinajstić information content (AvgIpc) is 1.94. The van der Waals surface area contributed by atoms with E-state index in [1.165, 1.54) is 0 Å². The minimum Gasteiger partial charge on any atom is -0.379 e. The van der Waals surface area contributed by atoms with Crippen molar-refractivity contribution in [2.24, 2.45) is 0 Å². The first-order valence-electron chi connectivity index (χ1n) is 3.71. The van der Waals surface area contributed by atoms with Crippen LogP contribution in [-0.4, -0.2) is 25.8 Å². The molecule has 2 heteroatoms. The molecule has 0 aromatic rings. The van der Waals surface area contributed by atoms with Crippen LogP contribution in [0.25, 0.3) is 0 Å². The average molecular weight is 131 g/mol. The molecule has 1 N–H and O–H groups in total. The molecule has 1 aliphatic heterocycles. The third kappa shape index (κ3) is 4.43. The maximum Gasteiger partial charge on any atom is 0.0617 e. The van der Waals surface area contributed by atoms with Gasteiger partial charge in [-0.15, -0.1) is 0 Å². The lowest BCUT2D eigenvalue weighted by atomic mass is 10.3. The monoisotopic (exact) mass is 131 g/mol. The fourth-order valence-electron chi connectivity index (χ4n) is 0.697. The van der Waals surface area contributed by atoms with Crippen LogP contribution in [0.5, 0.6) is 0 Å². The summed E-state index contributed by atoms with van der Waals surface area (Å²) in [4.78, 5) is 0. The molecule has 2 nitrogen and oxygen atoms in total. The van der Waals surface area contributed by atoms with Crippen molar-refractivity contribution in [3.8, 4) is 0 Å². The first-order valence-corrected chi connectivity index (χ1v) is 3.71. The zero-order valence-corrected chi connectivity index (χ0v) is 6.61. The lowest BCUT2D eigenvalue weighted by Gasteiger charge is -2.19. The maximum atomic E-state index is 5.12. The summed E-state index contributed by atoms with van der Waals surface area (Å²) in [7, 11) is 0. The largest absolute Gasteiger partial charge is 0.379 e. The van der Waals surface area contributed by atoms with E-state index in [4.69, 9.17) is 4.74 Å². The highest BCUT2D eigenvalue weighted by molar-refractivity contribution is 4.62. The summed E-state index contributed by atoms with van der Waals surface area (Å²) in [5, 5.41) is 3.26. The van der Waals surface area contributed by atoms with Gasteiger partial charge in [-0.25, -0.2) is 0 Å². The predicted molar refractivity (Wildman–Crippen MR) is 39.6 cm³/mol. The molecular weight excluding hydrogens is 114 g/mol. The van der Waals surface area contributed by atoms with Crippen molar-refractivity contribution in [2.75, 3.05) is 19.8 Å². The number of rotatable bonds is 0. The van der Waals surface area contributed by atoms with Crippen LogP contribution in [-0.2, 0) is 4.74 Å². The Labute approximate surface area is 57.6 Å². The summed E-state index contributed by atoms with van der Waals surface area (Å²) in [6.07, 6.45) is 0. The summed E-state index contributed by atoms with van der Waals surface area (Å²) in [6, 6.07) is 0.564. The Morgan fingerprint density at radius 3 is 2.33 bits per heavy atom. The molecular formula is C7H17NO. The third-order valence-electron chi connectivity index (χ3n) is 1.11. The summed E-state index contributed by atoms with van der Waals surface area (Å²) in [5.41, 5.74) is 0. The van der Waals surface area contributed by atoms with Gasteiger partial charge in [-0.3, -0.25) is 0 Å². The van der Waals surface area contributed by atoms with E-state index >= 15 is 0 Å². The Balaban J connectivity index is 0.000000291. The lowest BCUT2D eigenvalue weighted by Crippen LogP contribution is -2.38. The Morgan fingerprint density at radius 2 is 2.11 bits per heavy atom. The van der Waals surface area contributed by atoms with Gasteiger partial charge in [-0.05, 0) is 6.92 Å². The van der Waals surface area contributed by atoms with Crippen LogP contribution in [0.15, 0.2) is 0 Å². The molecule has 0 radical (unpaired) electrons. The first-order chi connectivity index (χ1) is 4.39. The Kier molecular flexibility index (Phi) is 5.99. The maximum absolute atomic E-state index is 5.12. The van der Waals surface area contributed by atoms with E-state index in [2.05, 4.69) is 12.2 Å². The smallest absolute Gasteiger partial charge is 0.0617 e. The predicted octanol–water partition coefficient (Wildman–Crippen LogP) is 1.02. The van der Waals surface area contributed by atoms with Gasteiger partial charge < -0.3 is 10.1 Å². The lowest BCUT2D eigenvalue weighted by molar-refractivity contribution is 0.0824. The highest BCUT2D eigenvalue weighted by Gasteiger charge is 2.04. The first kappa shape index (κ1) is 8.92. The minimum atomic E-state index is 0.564. The number of nitrogens with one attached hydrogen (secondary N) is 1. The third-order valence-corrected chi connectivity index (χ3v) is 1.11. The SMILES string of the molecule is CC.C[C@@H]1COCCN1. The van der Waals surface area contributed by atoms with Gasteiger partial charge in [0.05, 0.1) is 13.2 Å². The molecule has 1 aliphatic rings. The van der Waals surface area contributed by atoms with Crippen LogP contribution in [0, 0.1) is 0 Å². The van der Waals surface area contributed by atoms with Gasteiger partial charge in [0.1, 0.15) is 0 Å². The summed E-state index contributed by atoms with van der Waals surface area (Å²) >= 11 is 0. The molecule has 1 saturated heterocycles. The molecule has 0 amide bonds. The van der Waals surface area contributed by atoms with Crippen LogP contribution in [0.2, 0.25) is 0 Å². The second-order valence-corrected chi connectivity index (χ2v) is 1.93. The Hall–Kier alpha value is -0.0800. The van der Waals surface area contributed by atoms with E-state index in [-0.39, 0.29) is 0 Å². The summed E-state index contributed by atoms with van der Waals surface area (Å²) in [6.45, 7) is 8.89. The molecule has 9 heavy (non-hydrogen) atoms. The number of ether oxygens (including phenoxy) is 1. The molecule has 1 heterocycles. The molecule has 0 saturated carbocycles. The quantitative estimate of drug-likeness (QED) is 0.530. The van der Waals surface area contributed by atoms with Crippen molar-refractivity contribution < 1.29 is 4.74 Å². The Bertz CT molecular complexity index is 50.9. The minimum absolute atomic E-state index is 0.564. The van der Waals surface area contributed by atoms with E-state index in [0.29, 0.717) is 6.04 Å². The molecule has 0 bridgehead atoms. The standard InChI is InChI=1S/C5H11NO.C2H6/c1-5-4-7-3-2-6-5;1-2/h5-6H,2-4H2,1H3;1-2H3/t5-;/m1./s1. The summed E-state index contributed by atoms with van der Waals surface area (Å²) < 4.78 is 5.12. The molecule has 56 valence electrons. The molecule has 0 spiro atoms. The molecule has 0 aromatic heterocycles. The van der Waals surface area contributed by atoms with E-state index in [9.17, 15) is 0 Å². The van der Waals surface area contributed by atoms with E-state index in [1.54, 1.807) is 0 Å². The van der Waals surface area contributed by atoms with Crippen molar-refractivity contribution in [3.63, 3.8) is 0 Å². The van der Waals surface area contributed by atoms with Gasteiger partial charge in [-0.1, -0.05) is 13.8 Å². The van der Waals surface area contributed by atoms with Crippen LogP contribution in [0.3, 0.4) is 0 Å². The second-order valence-electron chi connectivity index (χ2n) is 1.93. The van der Waals surface area contributed by atoms with Crippen LogP contribution in [0.1, 0.15) is 20.8 Å². The van der Waals surface area contributed by atoms with Gasteiger partial charge in [-0.2, -0.15) is 0 Å². The zero-order chi connectivity index (χ0) is 7.11. The van der Waals surface area contributed by atoms with Crippen molar-refractivity contribution >= 4 is 0 Å². The van der Waals surface area contributed by atoms with Gasteiger partial charge in [0.15, 0.2) is 0 Å². The van der Waals surface area contributed by atoms with Gasteiger partial charge in [0, 0.05) is 12.6 Å². The number of morpholine rings is 1. The Morgan fingerprint density at radius 1 is 1.44 bits per heavy atom. The van der Waals surface area contributed by atoms with Crippen molar-refractivity contribution in [1.82, 2.24) is 5.32 Å². The van der Waals surface area contributed by atoms with Crippen LogP contribution < -0.4 is 5.32 Å². The topological polar surface area (TPSA) is 21.3 Å². The zero-order valence-electron chi connectivity index (χ0n) is 6.61. The summed E-state index contributed by atoms with van der Waals surface area (Å²) in [5.74, 6) is 0. The molecule has 1 fully saturated rings. The van der Waals surface area contributed by atoms with Gasteiger partial charge in [0.2, 0.25) is 0 Å². The highest BCUT2D eigenvalue weighted by atomic mass is 16.5. The van der Waals surface area contributed by atoms with Crippen LogP contribution in [0.4, 0.5) is 0 Å². The fourth-order valence-corrected chi connectivity index (χ4v) is 0.697. The van der Waals surface area contributed by atoms with Gasteiger partial charge in [0.25, 0.3) is 0 Å². The number of hydrogen-bond donors (Lipinski definition) is 1. The normalized spacial score (nSPS) is 26.3. The van der Waals surface area contributed by atoms with Gasteiger partial charge >= 0.3 is 0 Å². The van der Waals surface area contributed by atoms with E-state index in [1.807, 2.05) is 13.8 Å². The van der Waals surface area contributed by atoms with E-state index < -0.39 is 0 Å². The van der Waals surface area contributed by atoms with Crippen molar-refractivity contribution in [1.29, 1.82) is 0 Å². The van der Waals surface area contributed by atoms with Crippen molar-refractivity contribution in [2.45, 2.75) is 26.8 Å². The highest BCUT2D eigenvalue weighted by Crippen LogP contribution is 1.88. The molecule has 1 atom stereocenters. The molecule has 0 unspecified atom stereocenters.